The summed E-state index contributed by atoms with van der Waals surface area (Å²) >= 11 is 0. The summed E-state index contributed by atoms with van der Waals surface area (Å²) in [6, 6.07) is 7.61. The largest absolute Gasteiger partial charge is 0.462 e. The summed E-state index contributed by atoms with van der Waals surface area (Å²) in [4.78, 5) is 11.5. The summed E-state index contributed by atoms with van der Waals surface area (Å²) in [6.45, 7) is 7.45. The van der Waals surface area contributed by atoms with Crippen molar-refractivity contribution in [1.29, 1.82) is 0 Å². The van der Waals surface area contributed by atoms with Gasteiger partial charge in [0.25, 0.3) is 0 Å². The lowest BCUT2D eigenvalue weighted by atomic mass is 10.0. The van der Waals surface area contributed by atoms with Gasteiger partial charge >= 0.3 is 5.97 Å². The van der Waals surface area contributed by atoms with Crippen molar-refractivity contribution < 1.29 is 14.6 Å². The Balaban J connectivity index is 2.98. The summed E-state index contributed by atoms with van der Waals surface area (Å²) in [5, 5.41) is 10.2. The fraction of sp³-hybridized carbons (Fsp3) is 0.375. The van der Waals surface area contributed by atoms with E-state index in [4.69, 9.17) is 4.74 Å². The number of benzene rings is 1. The van der Waals surface area contributed by atoms with Gasteiger partial charge in [-0.1, -0.05) is 29.8 Å². The highest BCUT2D eigenvalue weighted by Crippen LogP contribution is 2.21. The van der Waals surface area contributed by atoms with E-state index < -0.39 is 12.1 Å². The van der Waals surface area contributed by atoms with E-state index >= 15 is 0 Å². The summed E-state index contributed by atoms with van der Waals surface area (Å²) in [5.41, 5.74) is 5.76. The highest BCUT2D eigenvalue weighted by Gasteiger charge is 2.10. The Kier molecular flexibility index (Phi) is 5.56. The number of ether oxygens (including phenoxy) is 1. The van der Waals surface area contributed by atoms with E-state index in [0.29, 0.717) is 17.8 Å². The van der Waals surface area contributed by atoms with Crippen LogP contribution in [0, 0.1) is 6.92 Å². The van der Waals surface area contributed by atoms with Crippen molar-refractivity contribution in [3.05, 3.63) is 52.3 Å². The van der Waals surface area contributed by atoms with Crippen LogP contribution in [0.1, 0.15) is 38.0 Å². The summed E-state index contributed by atoms with van der Waals surface area (Å²) < 4.78 is 4.87. The van der Waals surface area contributed by atoms with Gasteiger partial charge in [0.15, 0.2) is 0 Å². The average molecular weight is 260 g/mol. The molecule has 1 unspecified atom stereocenters. The lowest BCUT2D eigenvalue weighted by Gasteiger charge is -2.10. The zero-order valence-corrected chi connectivity index (χ0v) is 11.9. The van der Waals surface area contributed by atoms with Crippen LogP contribution in [0.15, 0.2) is 41.1 Å². The predicted molar refractivity (Wildman–Crippen MR) is 74.7 cm³/mol. The highest BCUT2D eigenvalue weighted by atomic mass is 16.5. The Morgan fingerprint density at radius 2 is 1.89 bits per heavy atom. The van der Waals surface area contributed by atoms with E-state index in [1.165, 1.54) is 0 Å². The van der Waals surface area contributed by atoms with E-state index in [1.54, 1.807) is 20.8 Å². The minimum absolute atomic E-state index is 0.331. The monoisotopic (exact) mass is 260 g/mol. The van der Waals surface area contributed by atoms with E-state index in [1.807, 2.05) is 31.2 Å². The van der Waals surface area contributed by atoms with E-state index in [9.17, 15) is 9.90 Å². The Morgan fingerprint density at radius 3 is 2.42 bits per heavy atom. The second-order valence-corrected chi connectivity index (χ2v) is 4.47. The quantitative estimate of drug-likeness (QED) is 0.514. The molecule has 1 aromatic rings. The Hall–Kier alpha value is -1.83. The SMILES string of the molecule is CCOC(=O)C(C)=C=C(C)C(O)c1ccc(C)cc1. The highest BCUT2D eigenvalue weighted by molar-refractivity contribution is 5.87. The molecule has 102 valence electrons. The molecule has 3 nitrogen and oxygen atoms in total. The number of carbonyl (C=O) groups excluding carboxylic acids is 1. The first kappa shape index (κ1) is 15.2. The Bertz CT molecular complexity index is 505. The molecular formula is C16H20O3. The molecule has 0 amide bonds. The number of aliphatic hydroxyl groups is 1. The van der Waals surface area contributed by atoms with Crippen LogP contribution in [-0.2, 0) is 9.53 Å². The molecule has 0 radical (unpaired) electrons. The molecule has 0 aliphatic carbocycles. The van der Waals surface area contributed by atoms with Crippen molar-refractivity contribution in [3.8, 4) is 0 Å². The third-order valence-corrected chi connectivity index (χ3v) is 2.77. The average Bonchev–Trinajstić information content (AvgIpc) is 2.38. The van der Waals surface area contributed by atoms with E-state index in [-0.39, 0.29) is 0 Å². The van der Waals surface area contributed by atoms with Gasteiger partial charge in [0, 0.05) is 5.57 Å². The molecule has 0 aliphatic rings. The van der Waals surface area contributed by atoms with Crippen LogP contribution in [0.3, 0.4) is 0 Å². The van der Waals surface area contributed by atoms with Crippen molar-refractivity contribution in [1.82, 2.24) is 0 Å². The molecule has 0 aromatic heterocycles. The number of hydrogen-bond acceptors (Lipinski definition) is 3. The van der Waals surface area contributed by atoms with Crippen LogP contribution in [0.2, 0.25) is 0 Å². The van der Waals surface area contributed by atoms with Crippen molar-refractivity contribution in [2.75, 3.05) is 6.61 Å². The minimum Gasteiger partial charge on any atom is -0.462 e. The van der Waals surface area contributed by atoms with Crippen molar-refractivity contribution in [3.63, 3.8) is 0 Å². The second-order valence-electron chi connectivity index (χ2n) is 4.47. The van der Waals surface area contributed by atoms with Crippen LogP contribution >= 0.6 is 0 Å². The zero-order valence-electron chi connectivity index (χ0n) is 11.9. The maximum atomic E-state index is 11.5. The fourth-order valence-corrected chi connectivity index (χ4v) is 1.65. The number of esters is 1. The molecule has 19 heavy (non-hydrogen) atoms. The molecule has 1 aromatic carbocycles. The number of rotatable bonds is 4. The molecule has 1 N–H and O–H groups in total. The first-order valence-corrected chi connectivity index (χ1v) is 6.31. The van der Waals surface area contributed by atoms with Crippen LogP contribution in [0.4, 0.5) is 0 Å². The summed E-state index contributed by atoms with van der Waals surface area (Å²) in [7, 11) is 0. The molecule has 0 bridgehead atoms. The lowest BCUT2D eigenvalue weighted by molar-refractivity contribution is -0.138. The predicted octanol–water partition coefficient (Wildman–Crippen LogP) is 3.08. The van der Waals surface area contributed by atoms with Crippen LogP contribution in [-0.4, -0.2) is 17.7 Å². The van der Waals surface area contributed by atoms with Crippen LogP contribution in [0.25, 0.3) is 0 Å². The molecule has 0 spiro atoms. The van der Waals surface area contributed by atoms with Crippen LogP contribution < -0.4 is 0 Å². The van der Waals surface area contributed by atoms with Crippen LogP contribution in [0.5, 0.6) is 0 Å². The molecule has 0 fully saturated rings. The standard InChI is InChI=1S/C16H20O3/c1-5-19-16(18)13(4)10-12(3)15(17)14-8-6-11(2)7-9-14/h6-9,15,17H,5H2,1-4H3. The van der Waals surface area contributed by atoms with Gasteiger partial charge < -0.3 is 9.84 Å². The molecule has 3 heteroatoms. The number of carbonyl (C=O) groups is 1. The third kappa shape index (κ3) is 4.40. The molecule has 1 atom stereocenters. The molecule has 0 saturated heterocycles. The summed E-state index contributed by atoms with van der Waals surface area (Å²) in [6.07, 6.45) is -0.759. The fourth-order valence-electron chi connectivity index (χ4n) is 1.65. The van der Waals surface area contributed by atoms with Gasteiger partial charge in [-0.05, 0) is 33.3 Å². The van der Waals surface area contributed by atoms with Gasteiger partial charge in [-0.2, -0.15) is 0 Å². The van der Waals surface area contributed by atoms with Crippen molar-refractivity contribution >= 4 is 5.97 Å². The Morgan fingerprint density at radius 1 is 1.32 bits per heavy atom. The van der Waals surface area contributed by atoms with Gasteiger partial charge in [-0.15, -0.1) is 5.73 Å². The maximum Gasteiger partial charge on any atom is 0.341 e. The normalized spacial score (nSPS) is 11.4. The molecule has 0 saturated carbocycles. The van der Waals surface area contributed by atoms with Gasteiger partial charge in [0.05, 0.1) is 12.2 Å². The maximum absolute atomic E-state index is 11.5. The lowest BCUT2D eigenvalue weighted by Crippen LogP contribution is -2.05. The smallest absolute Gasteiger partial charge is 0.341 e. The van der Waals surface area contributed by atoms with Gasteiger partial charge in [-0.25, -0.2) is 4.79 Å². The Labute approximate surface area is 114 Å². The molecule has 0 heterocycles. The topological polar surface area (TPSA) is 46.5 Å². The zero-order chi connectivity index (χ0) is 14.4. The van der Waals surface area contributed by atoms with E-state index in [0.717, 1.165) is 11.1 Å². The number of hydrogen-bond donors (Lipinski definition) is 1. The number of aliphatic hydroxyl groups excluding tert-OH is 1. The van der Waals surface area contributed by atoms with E-state index in [2.05, 4.69) is 5.73 Å². The first-order chi connectivity index (χ1) is 8.95. The molecular weight excluding hydrogens is 240 g/mol. The summed E-state index contributed by atoms with van der Waals surface area (Å²) in [5.74, 6) is -0.405. The first-order valence-electron chi connectivity index (χ1n) is 6.31. The van der Waals surface area contributed by atoms with Crippen molar-refractivity contribution in [2.45, 2.75) is 33.8 Å². The van der Waals surface area contributed by atoms with Gasteiger partial charge in [-0.3, -0.25) is 0 Å². The molecule has 0 aliphatic heterocycles. The minimum atomic E-state index is -0.759. The van der Waals surface area contributed by atoms with Gasteiger partial charge in [0.1, 0.15) is 6.10 Å². The third-order valence-electron chi connectivity index (χ3n) is 2.77. The second kappa shape index (κ2) is 6.93. The number of aryl methyl sites for hydroxylation is 1. The molecule has 1 rings (SSSR count). The van der Waals surface area contributed by atoms with Gasteiger partial charge in [0.2, 0.25) is 0 Å². The van der Waals surface area contributed by atoms with Crippen molar-refractivity contribution in [2.24, 2.45) is 0 Å².